The lowest BCUT2D eigenvalue weighted by Crippen LogP contribution is -2.04. The Morgan fingerprint density at radius 1 is 1.38 bits per heavy atom. The number of nitrogen functional groups attached to an aromatic ring is 1. The van der Waals surface area contributed by atoms with Crippen molar-refractivity contribution >= 4 is 5.82 Å². The SMILES string of the molecule is Cc1ccnc(N)c1-n1ccnn1. The third kappa shape index (κ3) is 1.24. The number of aryl methyl sites for hydroxylation is 1. The Balaban J connectivity index is 2.64. The maximum absolute atomic E-state index is 5.71. The van der Waals surface area contributed by atoms with Gasteiger partial charge in [-0.25, -0.2) is 9.67 Å². The molecule has 0 unspecified atom stereocenters. The van der Waals surface area contributed by atoms with Crippen molar-refractivity contribution in [3.8, 4) is 5.69 Å². The van der Waals surface area contributed by atoms with Crippen LogP contribution in [0.25, 0.3) is 5.69 Å². The Morgan fingerprint density at radius 3 is 2.85 bits per heavy atom. The summed E-state index contributed by atoms with van der Waals surface area (Å²) in [5.41, 5.74) is 7.53. The summed E-state index contributed by atoms with van der Waals surface area (Å²) in [6, 6.07) is 1.88. The topological polar surface area (TPSA) is 69.6 Å². The molecule has 0 atom stereocenters. The summed E-state index contributed by atoms with van der Waals surface area (Å²) in [6.45, 7) is 1.95. The molecule has 0 aromatic carbocycles. The van der Waals surface area contributed by atoms with E-state index in [2.05, 4.69) is 15.3 Å². The minimum Gasteiger partial charge on any atom is -0.382 e. The van der Waals surface area contributed by atoms with Gasteiger partial charge in [-0.05, 0) is 18.6 Å². The fraction of sp³-hybridized carbons (Fsp3) is 0.125. The number of rotatable bonds is 1. The van der Waals surface area contributed by atoms with Crippen LogP contribution in [0.3, 0.4) is 0 Å². The molecule has 0 aliphatic carbocycles. The van der Waals surface area contributed by atoms with Crippen LogP contribution in [-0.2, 0) is 0 Å². The van der Waals surface area contributed by atoms with Gasteiger partial charge in [0, 0.05) is 6.20 Å². The van der Waals surface area contributed by atoms with Crippen molar-refractivity contribution in [2.24, 2.45) is 0 Å². The summed E-state index contributed by atoms with van der Waals surface area (Å²) in [5.74, 6) is 0.463. The Bertz CT molecular complexity index is 386. The highest BCUT2D eigenvalue weighted by Gasteiger charge is 2.05. The second kappa shape index (κ2) is 2.85. The fourth-order valence-electron chi connectivity index (χ4n) is 1.20. The van der Waals surface area contributed by atoms with Gasteiger partial charge in [-0.2, -0.15) is 0 Å². The van der Waals surface area contributed by atoms with Crippen molar-refractivity contribution in [3.63, 3.8) is 0 Å². The number of nitrogens with two attached hydrogens (primary N) is 1. The lowest BCUT2D eigenvalue weighted by Gasteiger charge is -2.06. The fourth-order valence-corrected chi connectivity index (χ4v) is 1.20. The zero-order chi connectivity index (χ0) is 9.26. The van der Waals surface area contributed by atoms with Gasteiger partial charge in [-0.1, -0.05) is 5.21 Å². The molecule has 2 heterocycles. The first-order valence-electron chi connectivity index (χ1n) is 3.87. The standard InChI is InChI=1S/C8H9N5/c1-6-2-3-10-8(9)7(6)13-5-4-11-12-13/h2-5H,1H3,(H2,9,10). The van der Waals surface area contributed by atoms with Crippen LogP contribution in [0.1, 0.15) is 5.56 Å². The summed E-state index contributed by atoms with van der Waals surface area (Å²) in [5, 5.41) is 7.57. The predicted molar refractivity (Wildman–Crippen MR) is 48.3 cm³/mol. The lowest BCUT2D eigenvalue weighted by atomic mass is 10.2. The minimum absolute atomic E-state index is 0.463. The highest BCUT2D eigenvalue weighted by atomic mass is 15.4. The summed E-state index contributed by atoms with van der Waals surface area (Å²) < 4.78 is 1.61. The first-order valence-corrected chi connectivity index (χ1v) is 3.87. The van der Waals surface area contributed by atoms with E-state index in [1.54, 1.807) is 23.3 Å². The van der Waals surface area contributed by atoms with Crippen LogP contribution in [0.4, 0.5) is 5.82 Å². The van der Waals surface area contributed by atoms with E-state index in [-0.39, 0.29) is 0 Å². The minimum atomic E-state index is 0.463. The lowest BCUT2D eigenvalue weighted by molar-refractivity contribution is 0.797. The van der Waals surface area contributed by atoms with E-state index in [9.17, 15) is 0 Å². The van der Waals surface area contributed by atoms with E-state index in [4.69, 9.17) is 5.73 Å². The number of aromatic nitrogens is 4. The molecule has 0 bridgehead atoms. The molecule has 2 rings (SSSR count). The molecule has 0 saturated carbocycles. The molecular weight excluding hydrogens is 166 g/mol. The van der Waals surface area contributed by atoms with Gasteiger partial charge in [-0.15, -0.1) is 5.10 Å². The molecule has 2 N–H and O–H groups in total. The second-order valence-corrected chi connectivity index (χ2v) is 2.71. The third-order valence-electron chi connectivity index (χ3n) is 1.81. The molecule has 0 fully saturated rings. The van der Waals surface area contributed by atoms with Gasteiger partial charge in [0.2, 0.25) is 0 Å². The van der Waals surface area contributed by atoms with Crippen molar-refractivity contribution in [2.75, 3.05) is 5.73 Å². The molecule has 2 aromatic rings. The van der Waals surface area contributed by atoms with Gasteiger partial charge in [-0.3, -0.25) is 0 Å². The molecule has 0 aliphatic heterocycles. The maximum atomic E-state index is 5.71. The number of pyridine rings is 1. The van der Waals surface area contributed by atoms with Crippen LogP contribution >= 0.6 is 0 Å². The number of anilines is 1. The normalized spacial score (nSPS) is 10.2. The monoisotopic (exact) mass is 175 g/mol. The summed E-state index contributed by atoms with van der Waals surface area (Å²) in [6.07, 6.45) is 5.01. The van der Waals surface area contributed by atoms with Crippen LogP contribution in [0, 0.1) is 6.92 Å². The Kier molecular flexibility index (Phi) is 1.70. The summed E-state index contributed by atoms with van der Waals surface area (Å²) >= 11 is 0. The number of hydrogen-bond acceptors (Lipinski definition) is 4. The summed E-state index contributed by atoms with van der Waals surface area (Å²) in [7, 11) is 0. The Labute approximate surface area is 75.2 Å². The van der Waals surface area contributed by atoms with Crippen molar-refractivity contribution in [1.29, 1.82) is 0 Å². The van der Waals surface area contributed by atoms with E-state index in [0.29, 0.717) is 5.82 Å². The Morgan fingerprint density at radius 2 is 2.23 bits per heavy atom. The first-order chi connectivity index (χ1) is 6.29. The zero-order valence-corrected chi connectivity index (χ0v) is 7.18. The van der Waals surface area contributed by atoms with Gasteiger partial charge in [0.05, 0.1) is 12.4 Å². The maximum Gasteiger partial charge on any atom is 0.149 e. The van der Waals surface area contributed by atoms with Crippen LogP contribution in [-0.4, -0.2) is 20.0 Å². The molecule has 0 saturated heterocycles. The van der Waals surface area contributed by atoms with Gasteiger partial charge in [0.15, 0.2) is 0 Å². The summed E-state index contributed by atoms with van der Waals surface area (Å²) in [4.78, 5) is 3.99. The average Bonchev–Trinajstić information content (AvgIpc) is 2.57. The van der Waals surface area contributed by atoms with Gasteiger partial charge in [0.1, 0.15) is 11.5 Å². The highest BCUT2D eigenvalue weighted by molar-refractivity contribution is 5.55. The molecule has 5 heteroatoms. The second-order valence-electron chi connectivity index (χ2n) is 2.71. The Hall–Kier alpha value is -1.91. The van der Waals surface area contributed by atoms with Crippen LogP contribution < -0.4 is 5.73 Å². The molecule has 13 heavy (non-hydrogen) atoms. The van der Waals surface area contributed by atoms with Crippen molar-refractivity contribution in [1.82, 2.24) is 20.0 Å². The van der Waals surface area contributed by atoms with Gasteiger partial charge >= 0.3 is 0 Å². The van der Waals surface area contributed by atoms with Crippen LogP contribution in [0.5, 0.6) is 0 Å². The molecule has 0 aliphatic rings. The molecule has 5 nitrogen and oxygen atoms in total. The molecule has 2 aromatic heterocycles. The van der Waals surface area contributed by atoms with E-state index in [1.165, 1.54) is 0 Å². The average molecular weight is 175 g/mol. The molecule has 0 spiro atoms. The number of nitrogens with zero attached hydrogens (tertiary/aromatic N) is 4. The zero-order valence-electron chi connectivity index (χ0n) is 7.18. The smallest absolute Gasteiger partial charge is 0.149 e. The first kappa shape index (κ1) is 7.72. The molecular formula is C8H9N5. The van der Waals surface area contributed by atoms with E-state index < -0.39 is 0 Å². The van der Waals surface area contributed by atoms with E-state index in [0.717, 1.165) is 11.3 Å². The van der Waals surface area contributed by atoms with E-state index in [1.807, 2.05) is 13.0 Å². The van der Waals surface area contributed by atoms with Gasteiger partial charge in [0.25, 0.3) is 0 Å². The number of hydrogen-bond donors (Lipinski definition) is 1. The highest BCUT2D eigenvalue weighted by Crippen LogP contribution is 2.16. The van der Waals surface area contributed by atoms with Crippen LogP contribution in [0.15, 0.2) is 24.7 Å². The van der Waals surface area contributed by atoms with E-state index >= 15 is 0 Å². The largest absolute Gasteiger partial charge is 0.382 e. The third-order valence-corrected chi connectivity index (χ3v) is 1.81. The van der Waals surface area contributed by atoms with Crippen molar-refractivity contribution in [3.05, 3.63) is 30.2 Å². The predicted octanol–water partition coefficient (Wildman–Crippen LogP) is 0.553. The molecule has 66 valence electrons. The molecule has 0 amide bonds. The van der Waals surface area contributed by atoms with Crippen molar-refractivity contribution in [2.45, 2.75) is 6.92 Å². The van der Waals surface area contributed by atoms with Crippen LogP contribution in [0.2, 0.25) is 0 Å². The quantitative estimate of drug-likeness (QED) is 0.687. The molecule has 0 radical (unpaired) electrons. The van der Waals surface area contributed by atoms with Gasteiger partial charge < -0.3 is 5.73 Å². The van der Waals surface area contributed by atoms with Crippen molar-refractivity contribution < 1.29 is 0 Å².